The minimum Gasteiger partial charge on any atom is -0.385 e. The van der Waals surface area contributed by atoms with Crippen molar-refractivity contribution in [2.24, 2.45) is 0 Å². The van der Waals surface area contributed by atoms with Gasteiger partial charge in [0.05, 0.1) is 10.6 Å². The van der Waals surface area contributed by atoms with Gasteiger partial charge in [0.25, 0.3) is 5.56 Å². The number of fused-ring (bicyclic) bond motifs is 3. The molecule has 0 N–H and O–H groups in total. The second-order valence-electron chi connectivity index (χ2n) is 6.67. The fourth-order valence-corrected chi connectivity index (χ4v) is 5.67. The van der Waals surface area contributed by atoms with E-state index in [1.165, 1.54) is 22.2 Å². The van der Waals surface area contributed by atoms with Crippen molar-refractivity contribution in [1.29, 1.82) is 0 Å². The van der Waals surface area contributed by atoms with Gasteiger partial charge in [-0.1, -0.05) is 16.9 Å². The zero-order valence-corrected chi connectivity index (χ0v) is 17.3. The Morgan fingerprint density at radius 1 is 1.37 bits per heavy atom. The Bertz CT molecular complexity index is 1020. The van der Waals surface area contributed by atoms with Crippen molar-refractivity contribution in [2.45, 2.75) is 56.5 Å². The van der Waals surface area contributed by atoms with Gasteiger partial charge in [0.1, 0.15) is 4.83 Å². The van der Waals surface area contributed by atoms with E-state index in [0.29, 0.717) is 30.0 Å². The lowest BCUT2D eigenvalue weighted by Crippen LogP contribution is -2.24. The van der Waals surface area contributed by atoms with Crippen LogP contribution in [0.3, 0.4) is 0 Å². The molecular formula is C18H22N4O3S2. The van der Waals surface area contributed by atoms with E-state index < -0.39 is 0 Å². The van der Waals surface area contributed by atoms with Crippen molar-refractivity contribution in [3.63, 3.8) is 0 Å². The number of thiophene rings is 1. The number of thioether (sulfide) groups is 1. The molecule has 9 heteroatoms. The molecule has 0 spiro atoms. The lowest BCUT2D eigenvalue weighted by atomic mass is 10.2. The van der Waals surface area contributed by atoms with E-state index in [9.17, 15) is 4.79 Å². The fraction of sp³-hybridized carbons (Fsp3) is 0.556. The third-order valence-corrected chi connectivity index (χ3v) is 6.96. The van der Waals surface area contributed by atoms with Crippen molar-refractivity contribution in [3.8, 4) is 0 Å². The highest BCUT2D eigenvalue weighted by molar-refractivity contribution is 7.99. The highest BCUT2D eigenvalue weighted by Gasteiger charge is 2.25. The zero-order chi connectivity index (χ0) is 19.0. The lowest BCUT2D eigenvalue weighted by molar-refractivity contribution is 0.189. The summed E-state index contributed by atoms with van der Waals surface area (Å²) in [6, 6.07) is 0. The summed E-state index contributed by atoms with van der Waals surface area (Å²) >= 11 is 3.15. The van der Waals surface area contributed by atoms with E-state index in [2.05, 4.69) is 10.1 Å². The van der Waals surface area contributed by atoms with Gasteiger partial charge in [-0.25, -0.2) is 4.98 Å². The number of rotatable bonds is 7. The van der Waals surface area contributed by atoms with Crippen molar-refractivity contribution in [1.82, 2.24) is 19.7 Å². The van der Waals surface area contributed by atoms with Crippen LogP contribution < -0.4 is 5.56 Å². The van der Waals surface area contributed by atoms with Crippen LogP contribution in [0.15, 0.2) is 14.5 Å². The quantitative estimate of drug-likeness (QED) is 0.337. The van der Waals surface area contributed by atoms with Crippen LogP contribution in [0.1, 0.15) is 47.2 Å². The SMILES string of the molecule is COCCCn1c(SC(C)c2nc(C)no2)nc2sc3c(c2c1=O)CCC3. The Balaban J connectivity index is 1.75. The summed E-state index contributed by atoms with van der Waals surface area (Å²) in [5.74, 6) is 1.15. The van der Waals surface area contributed by atoms with E-state index in [4.69, 9.17) is 14.2 Å². The van der Waals surface area contributed by atoms with Crippen LogP contribution in [0.2, 0.25) is 0 Å². The molecule has 0 aromatic carbocycles. The normalized spacial score (nSPS) is 14.8. The topological polar surface area (TPSA) is 83.0 Å². The second-order valence-corrected chi connectivity index (χ2v) is 9.07. The highest BCUT2D eigenvalue weighted by atomic mass is 32.2. The molecule has 0 saturated carbocycles. The van der Waals surface area contributed by atoms with Crippen molar-refractivity contribution >= 4 is 33.3 Å². The Morgan fingerprint density at radius 3 is 2.96 bits per heavy atom. The third kappa shape index (κ3) is 3.55. The van der Waals surface area contributed by atoms with Gasteiger partial charge in [-0.3, -0.25) is 9.36 Å². The molecule has 3 heterocycles. The molecule has 1 atom stereocenters. The maximum Gasteiger partial charge on any atom is 0.263 e. The summed E-state index contributed by atoms with van der Waals surface area (Å²) in [4.78, 5) is 24.7. The first-order valence-electron chi connectivity index (χ1n) is 9.09. The molecule has 0 amide bonds. The van der Waals surface area contributed by atoms with Gasteiger partial charge in [0.2, 0.25) is 5.89 Å². The molecule has 1 unspecified atom stereocenters. The van der Waals surface area contributed by atoms with E-state index in [-0.39, 0.29) is 10.8 Å². The number of aromatic nitrogens is 4. The summed E-state index contributed by atoms with van der Waals surface area (Å²) in [5.41, 5.74) is 1.28. The average molecular weight is 407 g/mol. The van der Waals surface area contributed by atoms with Gasteiger partial charge in [-0.15, -0.1) is 11.3 Å². The molecule has 3 aromatic rings. The van der Waals surface area contributed by atoms with Crippen LogP contribution in [0.5, 0.6) is 0 Å². The molecule has 0 aliphatic heterocycles. The standard InChI is InChI=1S/C18H22N4O3S2/c1-10(15-19-11(2)21-25-15)26-18-20-16-14(12-6-4-7-13(12)27-16)17(23)22(18)8-5-9-24-3/h10H,4-9H2,1-3H3. The Kier molecular flexibility index (Phi) is 5.34. The van der Waals surface area contributed by atoms with Gasteiger partial charge >= 0.3 is 0 Å². The van der Waals surface area contributed by atoms with E-state index >= 15 is 0 Å². The summed E-state index contributed by atoms with van der Waals surface area (Å²) in [5, 5.41) is 5.29. The summed E-state index contributed by atoms with van der Waals surface area (Å²) < 4.78 is 12.2. The minimum absolute atomic E-state index is 0.0620. The Hall–Kier alpha value is -1.71. The number of hydrogen-bond acceptors (Lipinski definition) is 8. The molecule has 1 aliphatic rings. The molecule has 3 aromatic heterocycles. The Morgan fingerprint density at radius 2 is 2.22 bits per heavy atom. The van der Waals surface area contributed by atoms with Crippen LogP contribution >= 0.6 is 23.1 Å². The van der Waals surface area contributed by atoms with Crippen LogP contribution in [-0.2, 0) is 24.1 Å². The maximum atomic E-state index is 13.3. The number of hydrogen-bond donors (Lipinski definition) is 0. The number of ether oxygens (including phenoxy) is 1. The Labute approximate surface area is 165 Å². The van der Waals surface area contributed by atoms with Crippen molar-refractivity contribution in [2.75, 3.05) is 13.7 Å². The third-order valence-electron chi connectivity index (χ3n) is 4.69. The maximum absolute atomic E-state index is 13.3. The molecule has 4 rings (SSSR count). The molecule has 27 heavy (non-hydrogen) atoms. The van der Waals surface area contributed by atoms with Gasteiger partial charge < -0.3 is 9.26 Å². The van der Waals surface area contributed by atoms with Gasteiger partial charge in [0.15, 0.2) is 11.0 Å². The summed E-state index contributed by atoms with van der Waals surface area (Å²) in [6.07, 6.45) is 3.93. The highest BCUT2D eigenvalue weighted by Crippen LogP contribution is 2.38. The van der Waals surface area contributed by atoms with Crippen LogP contribution in [0.4, 0.5) is 0 Å². The van der Waals surface area contributed by atoms with Crippen molar-refractivity contribution < 1.29 is 9.26 Å². The first-order chi connectivity index (χ1) is 13.1. The largest absolute Gasteiger partial charge is 0.385 e. The first-order valence-corrected chi connectivity index (χ1v) is 10.8. The zero-order valence-electron chi connectivity index (χ0n) is 15.7. The molecule has 0 bridgehead atoms. The lowest BCUT2D eigenvalue weighted by Gasteiger charge is -2.14. The minimum atomic E-state index is -0.0870. The molecular weight excluding hydrogens is 384 g/mol. The molecule has 0 saturated heterocycles. The fourth-order valence-electron chi connectivity index (χ4n) is 3.40. The molecule has 144 valence electrons. The molecule has 0 radical (unpaired) electrons. The van der Waals surface area contributed by atoms with Gasteiger partial charge in [-0.05, 0) is 45.1 Å². The van der Waals surface area contributed by atoms with Crippen molar-refractivity contribution in [3.05, 3.63) is 32.5 Å². The average Bonchev–Trinajstić information content (AvgIpc) is 3.33. The number of aryl methyl sites for hydroxylation is 3. The van der Waals surface area contributed by atoms with Gasteiger partial charge in [0, 0.05) is 25.1 Å². The number of methoxy groups -OCH3 is 1. The molecule has 1 aliphatic carbocycles. The van der Waals surface area contributed by atoms with E-state index in [0.717, 1.165) is 35.9 Å². The molecule has 7 nitrogen and oxygen atoms in total. The first kappa shape index (κ1) is 18.6. The number of nitrogens with zero attached hydrogens (tertiary/aromatic N) is 4. The van der Waals surface area contributed by atoms with Crippen LogP contribution in [-0.4, -0.2) is 33.4 Å². The predicted molar refractivity (Wildman–Crippen MR) is 106 cm³/mol. The van der Waals surface area contributed by atoms with E-state index in [1.807, 2.05) is 6.92 Å². The summed E-state index contributed by atoms with van der Waals surface area (Å²) in [6.45, 7) is 4.97. The predicted octanol–water partition coefficient (Wildman–Crippen LogP) is 3.53. The smallest absolute Gasteiger partial charge is 0.263 e. The monoisotopic (exact) mass is 406 g/mol. The second kappa shape index (κ2) is 7.73. The van der Waals surface area contributed by atoms with Crippen LogP contribution in [0, 0.1) is 6.92 Å². The van der Waals surface area contributed by atoms with E-state index in [1.54, 1.807) is 29.9 Å². The van der Waals surface area contributed by atoms with Gasteiger partial charge in [-0.2, -0.15) is 4.98 Å². The van der Waals surface area contributed by atoms with Crippen LogP contribution in [0.25, 0.3) is 10.2 Å². The molecule has 0 fully saturated rings. The summed E-state index contributed by atoms with van der Waals surface area (Å²) in [7, 11) is 1.67.